The number of hydrogen-bond donors (Lipinski definition) is 1. The highest BCUT2D eigenvalue weighted by atomic mass is 32.2. The van der Waals surface area contributed by atoms with E-state index in [0.717, 1.165) is 15.3 Å². The van der Waals surface area contributed by atoms with Gasteiger partial charge in [0, 0.05) is 27.1 Å². The first-order valence-electron chi connectivity index (χ1n) is 7.37. The smallest absolute Gasteiger partial charge is 0.282 e. The Labute approximate surface area is 152 Å². The van der Waals surface area contributed by atoms with Crippen LogP contribution in [0.3, 0.4) is 0 Å². The minimum Gasteiger partial charge on any atom is -0.321 e. The van der Waals surface area contributed by atoms with Crippen molar-refractivity contribution in [2.75, 3.05) is 11.6 Å². The van der Waals surface area contributed by atoms with E-state index in [0.29, 0.717) is 5.69 Å². The van der Waals surface area contributed by atoms with Crippen molar-refractivity contribution in [3.63, 3.8) is 0 Å². The van der Waals surface area contributed by atoms with Crippen molar-refractivity contribution in [1.82, 2.24) is 0 Å². The molecule has 3 rings (SSSR count). The molecule has 0 spiro atoms. The number of rotatable bonds is 5. The molecule has 0 radical (unpaired) electrons. The van der Waals surface area contributed by atoms with Gasteiger partial charge in [-0.05, 0) is 35.9 Å². The molecular formula is C18H14N2O3S2. The van der Waals surface area contributed by atoms with Gasteiger partial charge < -0.3 is 5.32 Å². The highest BCUT2D eigenvalue weighted by Gasteiger charge is 2.21. The van der Waals surface area contributed by atoms with Gasteiger partial charge in [-0.15, -0.1) is 23.1 Å². The number of hydrogen-bond acceptors (Lipinski definition) is 5. The molecule has 0 saturated carbocycles. The van der Waals surface area contributed by atoms with Crippen LogP contribution in [-0.4, -0.2) is 17.1 Å². The number of carbonyl (C=O) groups excluding carboxylic acids is 1. The normalized spacial score (nSPS) is 10.4. The summed E-state index contributed by atoms with van der Waals surface area (Å²) in [5.74, 6) is -0.494. The third-order valence-electron chi connectivity index (χ3n) is 3.61. The lowest BCUT2D eigenvalue weighted by atomic mass is 10.1. The van der Waals surface area contributed by atoms with E-state index in [4.69, 9.17) is 0 Å². The Morgan fingerprint density at radius 3 is 2.64 bits per heavy atom. The zero-order chi connectivity index (χ0) is 17.8. The molecule has 0 aliphatic rings. The van der Waals surface area contributed by atoms with Gasteiger partial charge in [0.2, 0.25) is 0 Å². The van der Waals surface area contributed by atoms with E-state index in [1.165, 1.54) is 17.8 Å². The van der Waals surface area contributed by atoms with E-state index < -0.39 is 10.8 Å². The van der Waals surface area contributed by atoms with Gasteiger partial charge in [0.15, 0.2) is 0 Å². The zero-order valence-electron chi connectivity index (χ0n) is 13.3. The SMILES string of the molecule is CSc1ccc([N+](=O)[O-])c(C(=O)Nc2ccccc2-c2cccs2)c1. The Kier molecular flexibility index (Phi) is 5.16. The number of anilines is 1. The molecule has 0 aliphatic heterocycles. The van der Waals surface area contributed by atoms with Crippen molar-refractivity contribution in [2.24, 2.45) is 0 Å². The Hall–Kier alpha value is -2.64. The average molecular weight is 370 g/mol. The molecule has 0 unspecified atom stereocenters. The third-order valence-corrected chi connectivity index (χ3v) is 5.24. The largest absolute Gasteiger partial charge is 0.321 e. The molecule has 1 aromatic heterocycles. The molecule has 3 aromatic rings. The fraction of sp³-hybridized carbons (Fsp3) is 0.0556. The number of nitrogens with one attached hydrogen (secondary N) is 1. The first-order valence-corrected chi connectivity index (χ1v) is 9.47. The van der Waals surface area contributed by atoms with E-state index in [1.807, 2.05) is 42.0 Å². The van der Waals surface area contributed by atoms with E-state index >= 15 is 0 Å². The minimum absolute atomic E-state index is 0.0535. The average Bonchev–Trinajstić information content (AvgIpc) is 3.16. The van der Waals surface area contributed by atoms with Gasteiger partial charge >= 0.3 is 0 Å². The summed E-state index contributed by atoms with van der Waals surface area (Å²) in [6.07, 6.45) is 1.86. The maximum atomic E-state index is 12.7. The standard InChI is InChI=1S/C18H14N2O3S2/c1-24-12-8-9-16(20(22)23)14(11-12)18(21)19-15-6-3-2-5-13(15)17-7-4-10-25-17/h2-11H,1H3,(H,19,21). The molecule has 25 heavy (non-hydrogen) atoms. The second kappa shape index (κ2) is 7.50. The Bertz CT molecular complexity index is 924. The summed E-state index contributed by atoms with van der Waals surface area (Å²) >= 11 is 2.99. The fourth-order valence-electron chi connectivity index (χ4n) is 2.41. The van der Waals surface area contributed by atoms with Crippen LogP contribution >= 0.6 is 23.1 Å². The predicted octanol–water partition coefficient (Wildman–Crippen LogP) is 5.30. The number of benzene rings is 2. The minimum atomic E-state index is -0.538. The number of thiophene rings is 1. The van der Waals surface area contributed by atoms with Crippen LogP contribution in [-0.2, 0) is 0 Å². The molecule has 1 N–H and O–H groups in total. The van der Waals surface area contributed by atoms with Gasteiger partial charge in [-0.3, -0.25) is 14.9 Å². The lowest BCUT2D eigenvalue weighted by Gasteiger charge is -2.11. The van der Waals surface area contributed by atoms with Crippen molar-refractivity contribution >= 4 is 40.4 Å². The molecule has 5 nitrogen and oxygen atoms in total. The van der Waals surface area contributed by atoms with Gasteiger partial charge in [0.05, 0.1) is 4.92 Å². The number of nitro benzene ring substituents is 1. The molecule has 1 heterocycles. The number of nitrogens with zero attached hydrogens (tertiary/aromatic N) is 1. The summed E-state index contributed by atoms with van der Waals surface area (Å²) in [7, 11) is 0. The molecule has 0 saturated heterocycles. The Morgan fingerprint density at radius 2 is 1.96 bits per heavy atom. The topological polar surface area (TPSA) is 72.2 Å². The van der Waals surface area contributed by atoms with Crippen LogP contribution in [0.15, 0.2) is 64.9 Å². The number of carbonyl (C=O) groups is 1. The number of thioether (sulfide) groups is 1. The van der Waals surface area contributed by atoms with Crippen molar-refractivity contribution < 1.29 is 9.72 Å². The highest BCUT2D eigenvalue weighted by Crippen LogP contribution is 2.32. The molecule has 0 aliphatic carbocycles. The van der Waals surface area contributed by atoms with Crippen LogP contribution in [0, 0.1) is 10.1 Å². The first-order chi connectivity index (χ1) is 12.1. The number of para-hydroxylation sites is 1. The maximum Gasteiger partial charge on any atom is 0.282 e. The summed E-state index contributed by atoms with van der Waals surface area (Å²) in [5, 5.41) is 16.0. The summed E-state index contributed by atoms with van der Waals surface area (Å²) < 4.78 is 0. The van der Waals surface area contributed by atoms with Crippen LogP contribution in [0.1, 0.15) is 10.4 Å². The van der Waals surface area contributed by atoms with Crippen LogP contribution in [0.25, 0.3) is 10.4 Å². The van der Waals surface area contributed by atoms with Gasteiger partial charge in [0.25, 0.3) is 11.6 Å². The van der Waals surface area contributed by atoms with E-state index in [1.54, 1.807) is 29.5 Å². The highest BCUT2D eigenvalue weighted by molar-refractivity contribution is 7.98. The van der Waals surface area contributed by atoms with E-state index in [9.17, 15) is 14.9 Å². The molecule has 0 atom stereocenters. The monoisotopic (exact) mass is 370 g/mol. The van der Waals surface area contributed by atoms with Gasteiger partial charge in [-0.25, -0.2) is 0 Å². The lowest BCUT2D eigenvalue weighted by molar-refractivity contribution is -0.385. The third kappa shape index (κ3) is 3.72. The summed E-state index contributed by atoms with van der Waals surface area (Å²) in [4.78, 5) is 25.2. The molecule has 126 valence electrons. The maximum absolute atomic E-state index is 12.7. The van der Waals surface area contributed by atoms with Gasteiger partial charge in [-0.1, -0.05) is 24.3 Å². The quantitative estimate of drug-likeness (QED) is 0.376. The zero-order valence-corrected chi connectivity index (χ0v) is 14.9. The van der Waals surface area contributed by atoms with Crippen LogP contribution in [0.2, 0.25) is 0 Å². The number of amides is 1. The fourth-order valence-corrected chi connectivity index (χ4v) is 3.62. The summed E-state index contributed by atoms with van der Waals surface area (Å²) in [6, 6.07) is 15.9. The molecule has 0 fully saturated rings. The van der Waals surface area contributed by atoms with Crippen molar-refractivity contribution in [3.8, 4) is 10.4 Å². The molecule has 1 amide bonds. The van der Waals surface area contributed by atoms with Crippen molar-refractivity contribution in [3.05, 3.63) is 75.7 Å². The van der Waals surface area contributed by atoms with Crippen molar-refractivity contribution in [2.45, 2.75) is 4.90 Å². The Balaban J connectivity index is 1.98. The Morgan fingerprint density at radius 1 is 1.16 bits per heavy atom. The molecule has 2 aromatic carbocycles. The van der Waals surface area contributed by atoms with Crippen LogP contribution in [0.4, 0.5) is 11.4 Å². The predicted molar refractivity (Wildman–Crippen MR) is 103 cm³/mol. The van der Waals surface area contributed by atoms with Gasteiger partial charge in [-0.2, -0.15) is 0 Å². The lowest BCUT2D eigenvalue weighted by Crippen LogP contribution is -2.14. The summed E-state index contributed by atoms with van der Waals surface area (Å²) in [6.45, 7) is 0. The second-order valence-electron chi connectivity index (χ2n) is 5.12. The van der Waals surface area contributed by atoms with Crippen LogP contribution in [0.5, 0.6) is 0 Å². The molecule has 0 bridgehead atoms. The van der Waals surface area contributed by atoms with Gasteiger partial charge in [0.1, 0.15) is 5.56 Å². The second-order valence-corrected chi connectivity index (χ2v) is 6.94. The van der Waals surface area contributed by atoms with Crippen LogP contribution < -0.4 is 5.32 Å². The molecule has 7 heteroatoms. The van der Waals surface area contributed by atoms with E-state index in [-0.39, 0.29) is 11.3 Å². The van der Waals surface area contributed by atoms with E-state index in [2.05, 4.69) is 5.32 Å². The number of nitro groups is 1. The van der Waals surface area contributed by atoms with Crippen molar-refractivity contribution in [1.29, 1.82) is 0 Å². The summed E-state index contributed by atoms with van der Waals surface area (Å²) in [5.41, 5.74) is 1.36. The molecular weight excluding hydrogens is 356 g/mol. The first kappa shape index (κ1) is 17.2.